The number of nitrogens with zero attached hydrogens (tertiary/aromatic N) is 1. The molecule has 1 atom stereocenters. The van der Waals surface area contributed by atoms with Gasteiger partial charge in [0, 0.05) is 18.3 Å². The second kappa shape index (κ2) is 5.40. The van der Waals surface area contributed by atoms with E-state index in [9.17, 15) is 0 Å². The highest BCUT2D eigenvalue weighted by Crippen LogP contribution is 2.23. The Kier molecular flexibility index (Phi) is 3.87. The van der Waals surface area contributed by atoms with Crippen molar-refractivity contribution in [2.24, 2.45) is 0 Å². The molecule has 2 heteroatoms. The molecule has 0 fully saturated rings. The first-order valence-corrected chi connectivity index (χ1v) is 6.59. The molecule has 0 saturated carbocycles. The quantitative estimate of drug-likeness (QED) is 0.829. The van der Waals surface area contributed by atoms with Gasteiger partial charge in [-0.05, 0) is 48.9 Å². The Morgan fingerprint density at radius 1 is 1.17 bits per heavy atom. The Hall–Kier alpha value is -1.54. The number of benzene rings is 2. The van der Waals surface area contributed by atoms with Gasteiger partial charge in [-0.25, -0.2) is 0 Å². The number of fused-ring (bicyclic) bond motifs is 1. The van der Waals surface area contributed by atoms with Crippen molar-refractivity contribution in [3.63, 3.8) is 0 Å². The lowest BCUT2D eigenvalue weighted by molar-refractivity contribution is 0.244. The minimum Gasteiger partial charge on any atom is -0.398 e. The van der Waals surface area contributed by atoms with E-state index in [-0.39, 0.29) is 0 Å². The van der Waals surface area contributed by atoms with E-state index in [1.165, 1.54) is 16.3 Å². The SMILES string of the molecule is CCC(C)N(C)Cc1cc2ccccc2cc1N. The Labute approximate surface area is 109 Å². The number of nitrogens with two attached hydrogens (primary N) is 1. The van der Waals surface area contributed by atoms with Crippen molar-refractivity contribution >= 4 is 16.5 Å². The van der Waals surface area contributed by atoms with Crippen LogP contribution in [0.3, 0.4) is 0 Å². The normalized spacial score (nSPS) is 13.1. The first-order chi connectivity index (χ1) is 8.61. The molecule has 0 aromatic heterocycles. The molecular formula is C16H22N2. The maximum absolute atomic E-state index is 6.15. The van der Waals surface area contributed by atoms with E-state index in [2.05, 4.69) is 56.1 Å². The molecule has 2 N–H and O–H groups in total. The van der Waals surface area contributed by atoms with Crippen molar-refractivity contribution in [3.8, 4) is 0 Å². The lowest BCUT2D eigenvalue weighted by Crippen LogP contribution is -2.28. The van der Waals surface area contributed by atoms with Crippen LogP contribution in [0.2, 0.25) is 0 Å². The third kappa shape index (κ3) is 2.65. The van der Waals surface area contributed by atoms with Gasteiger partial charge < -0.3 is 5.73 Å². The van der Waals surface area contributed by atoms with Gasteiger partial charge in [0.05, 0.1) is 0 Å². The van der Waals surface area contributed by atoms with Gasteiger partial charge in [-0.1, -0.05) is 31.2 Å². The summed E-state index contributed by atoms with van der Waals surface area (Å²) in [5, 5.41) is 2.48. The van der Waals surface area contributed by atoms with E-state index in [1.54, 1.807) is 0 Å². The van der Waals surface area contributed by atoms with Crippen LogP contribution in [-0.2, 0) is 6.54 Å². The summed E-state index contributed by atoms with van der Waals surface area (Å²) in [5.41, 5.74) is 8.26. The molecule has 1 unspecified atom stereocenters. The monoisotopic (exact) mass is 242 g/mol. The molecule has 0 spiro atoms. The van der Waals surface area contributed by atoms with E-state index in [0.717, 1.165) is 18.7 Å². The molecule has 2 nitrogen and oxygen atoms in total. The standard InChI is InChI=1S/C16H22N2/c1-4-12(2)18(3)11-15-9-13-7-5-6-8-14(13)10-16(15)17/h5-10,12H,4,11,17H2,1-3H3. The molecule has 0 bridgehead atoms. The van der Waals surface area contributed by atoms with Crippen molar-refractivity contribution in [1.29, 1.82) is 0 Å². The number of hydrogen-bond acceptors (Lipinski definition) is 2. The van der Waals surface area contributed by atoms with Crippen molar-refractivity contribution in [2.75, 3.05) is 12.8 Å². The summed E-state index contributed by atoms with van der Waals surface area (Å²) in [4.78, 5) is 2.35. The van der Waals surface area contributed by atoms with Crippen molar-refractivity contribution in [2.45, 2.75) is 32.9 Å². The van der Waals surface area contributed by atoms with Gasteiger partial charge in [0.25, 0.3) is 0 Å². The topological polar surface area (TPSA) is 29.3 Å². The maximum atomic E-state index is 6.15. The van der Waals surface area contributed by atoms with Crippen molar-refractivity contribution < 1.29 is 0 Å². The fraction of sp³-hybridized carbons (Fsp3) is 0.375. The average Bonchev–Trinajstić information content (AvgIpc) is 2.38. The van der Waals surface area contributed by atoms with Crippen LogP contribution in [0, 0.1) is 0 Å². The second-order valence-electron chi connectivity index (χ2n) is 5.07. The highest BCUT2D eigenvalue weighted by Gasteiger charge is 2.09. The zero-order valence-electron chi connectivity index (χ0n) is 11.5. The van der Waals surface area contributed by atoms with Crippen LogP contribution < -0.4 is 5.73 Å². The van der Waals surface area contributed by atoms with E-state index >= 15 is 0 Å². The largest absolute Gasteiger partial charge is 0.398 e. The Morgan fingerprint density at radius 3 is 2.39 bits per heavy atom. The third-order valence-corrected chi connectivity index (χ3v) is 3.77. The summed E-state index contributed by atoms with van der Waals surface area (Å²) in [7, 11) is 2.16. The van der Waals surface area contributed by atoms with E-state index in [0.29, 0.717) is 6.04 Å². The fourth-order valence-electron chi connectivity index (χ4n) is 2.18. The summed E-state index contributed by atoms with van der Waals surface area (Å²) in [5.74, 6) is 0. The Bertz CT molecular complexity index is 534. The highest BCUT2D eigenvalue weighted by molar-refractivity contribution is 5.86. The number of nitrogen functional groups attached to an aromatic ring is 1. The summed E-state index contributed by atoms with van der Waals surface area (Å²) < 4.78 is 0. The van der Waals surface area contributed by atoms with Gasteiger partial charge in [0.15, 0.2) is 0 Å². The molecule has 2 aromatic rings. The molecule has 0 aliphatic rings. The Balaban J connectivity index is 2.30. The molecule has 0 heterocycles. The van der Waals surface area contributed by atoms with Crippen molar-refractivity contribution in [1.82, 2.24) is 4.90 Å². The molecule has 0 amide bonds. The van der Waals surface area contributed by atoms with Gasteiger partial charge in [0.1, 0.15) is 0 Å². The molecular weight excluding hydrogens is 220 g/mol. The smallest absolute Gasteiger partial charge is 0.0366 e. The summed E-state index contributed by atoms with van der Waals surface area (Å²) in [6, 6.07) is 13.2. The van der Waals surface area contributed by atoms with Crippen LogP contribution in [0.1, 0.15) is 25.8 Å². The van der Waals surface area contributed by atoms with E-state index in [1.807, 2.05) is 6.07 Å². The van der Waals surface area contributed by atoms with Crippen molar-refractivity contribution in [3.05, 3.63) is 42.0 Å². The third-order valence-electron chi connectivity index (χ3n) is 3.77. The minimum absolute atomic E-state index is 0.580. The molecule has 0 radical (unpaired) electrons. The predicted molar refractivity (Wildman–Crippen MR) is 79.6 cm³/mol. The molecule has 96 valence electrons. The summed E-state index contributed by atoms with van der Waals surface area (Å²) in [6.45, 7) is 5.37. The molecule has 2 rings (SSSR count). The zero-order chi connectivity index (χ0) is 13.1. The highest BCUT2D eigenvalue weighted by atomic mass is 15.1. The molecule has 0 aliphatic carbocycles. The van der Waals surface area contributed by atoms with Crippen LogP contribution in [0.15, 0.2) is 36.4 Å². The molecule has 18 heavy (non-hydrogen) atoms. The van der Waals surface area contributed by atoms with Crippen LogP contribution >= 0.6 is 0 Å². The lowest BCUT2D eigenvalue weighted by atomic mass is 10.0. The van der Waals surface area contributed by atoms with Gasteiger partial charge in [-0.15, -0.1) is 0 Å². The molecule has 0 saturated heterocycles. The van der Waals surface area contributed by atoms with Gasteiger partial charge in [-0.2, -0.15) is 0 Å². The molecule has 0 aliphatic heterocycles. The Morgan fingerprint density at radius 2 is 1.78 bits per heavy atom. The van der Waals surface area contributed by atoms with Crippen LogP contribution in [0.25, 0.3) is 10.8 Å². The zero-order valence-corrected chi connectivity index (χ0v) is 11.5. The van der Waals surface area contributed by atoms with Crippen LogP contribution in [0.5, 0.6) is 0 Å². The van der Waals surface area contributed by atoms with E-state index < -0.39 is 0 Å². The first kappa shape index (κ1) is 12.9. The minimum atomic E-state index is 0.580. The van der Waals surface area contributed by atoms with Gasteiger partial charge in [-0.3, -0.25) is 4.90 Å². The summed E-state index contributed by atoms with van der Waals surface area (Å²) >= 11 is 0. The first-order valence-electron chi connectivity index (χ1n) is 6.59. The maximum Gasteiger partial charge on any atom is 0.0366 e. The predicted octanol–water partition coefficient (Wildman–Crippen LogP) is 3.65. The van der Waals surface area contributed by atoms with E-state index in [4.69, 9.17) is 5.73 Å². The average molecular weight is 242 g/mol. The van der Waals surface area contributed by atoms with Crippen LogP contribution in [0.4, 0.5) is 5.69 Å². The molecule has 2 aromatic carbocycles. The summed E-state index contributed by atoms with van der Waals surface area (Å²) in [6.07, 6.45) is 1.16. The second-order valence-corrected chi connectivity index (χ2v) is 5.07. The van der Waals surface area contributed by atoms with Gasteiger partial charge >= 0.3 is 0 Å². The lowest BCUT2D eigenvalue weighted by Gasteiger charge is -2.24. The fourth-order valence-corrected chi connectivity index (χ4v) is 2.18. The number of hydrogen-bond donors (Lipinski definition) is 1. The number of rotatable bonds is 4. The number of anilines is 1. The van der Waals surface area contributed by atoms with Crippen LogP contribution in [-0.4, -0.2) is 18.0 Å². The van der Waals surface area contributed by atoms with Gasteiger partial charge in [0.2, 0.25) is 0 Å².